The van der Waals surface area contributed by atoms with E-state index in [2.05, 4.69) is 55.7 Å². The summed E-state index contributed by atoms with van der Waals surface area (Å²) in [5.41, 5.74) is 2.54. The number of piperidine rings is 1. The molecule has 0 aromatic heterocycles. The van der Waals surface area contributed by atoms with Crippen molar-refractivity contribution in [3.05, 3.63) is 35.4 Å². The fourth-order valence-corrected chi connectivity index (χ4v) is 2.90. The van der Waals surface area contributed by atoms with Crippen molar-refractivity contribution in [2.45, 2.75) is 46.1 Å². The Labute approximate surface area is 140 Å². The third kappa shape index (κ3) is 5.62. The summed E-state index contributed by atoms with van der Waals surface area (Å²) in [6, 6.07) is 8.72. The number of halogens is 1. The van der Waals surface area contributed by atoms with Crippen LogP contribution in [0.1, 0.15) is 50.8 Å². The first-order valence-corrected chi connectivity index (χ1v) is 8.16. The van der Waals surface area contributed by atoms with Gasteiger partial charge < -0.3 is 10.6 Å². The highest BCUT2D eigenvalue weighted by molar-refractivity contribution is 5.85. The molecule has 124 valence electrons. The minimum atomic E-state index is 0. The molecule has 4 heteroatoms. The van der Waals surface area contributed by atoms with Crippen LogP contribution in [-0.4, -0.2) is 19.0 Å². The fourth-order valence-electron chi connectivity index (χ4n) is 2.90. The Hall–Kier alpha value is -1.06. The van der Waals surface area contributed by atoms with Gasteiger partial charge in [-0.15, -0.1) is 12.4 Å². The molecular weight excluding hydrogens is 296 g/mol. The van der Waals surface area contributed by atoms with Crippen LogP contribution in [-0.2, 0) is 11.2 Å². The van der Waals surface area contributed by atoms with Crippen LogP contribution in [0.2, 0.25) is 0 Å². The number of nitrogens with one attached hydrogen (secondary N) is 2. The highest BCUT2D eigenvalue weighted by Crippen LogP contribution is 2.17. The first kappa shape index (κ1) is 19.0. The smallest absolute Gasteiger partial charge is 0.224 e. The van der Waals surface area contributed by atoms with E-state index in [1.54, 1.807) is 0 Å². The Morgan fingerprint density at radius 3 is 2.50 bits per heavy atom. The van der Waals surface area contributed by atoms with Crippen LogP contribution < -0.4 is 10.6 Å². The second-order valence-corrected chi connectivity index (χ2v) is 6.61. The van der Waals surface area contributed by atoms with Crippen LogP contribution in [0.4, 0.5) is 0 Å². The highest BCUT2D eigenvalue weighted by Gasteiger charge is 2.22. The van der Waals surface area contributed by atoms with Crippen molar-refractivity contribution in [1.82, 2.24) is 10.6 Å². The van der Waals surface area contributed by atoms with Crippen molar-refractivity contribution in [3.63, 3.8) is 0 Å². The van der Waals surface area contributed by atoms with Gasteiger partial charge in [-0.2, -0.15) is 0 Å². The Kier molecular flexibility index (Phi) is 7.91. The molecule has 1 saturated heterocycles. The van der Waals surface area contributed by atoms with E-state index in [0.717, 1.165) is 32.4 Å². The molecule has 1 amide bonds. The van der Waals surface area contributed by atoms with Gasteiger partial charge in [-0.1, -0.05) is 38.1 Å². The quantitative estimate of drug-likeness (QED) is 0.870. The lowest BCUT2D eigenvalue weighted by atomic mass is 9.97. The third-order valence-corrected chi connectivity index (χ3v) is 4.15. The Balaban J connectivity index is 0.00000242. The Bertz CT molecular complexity index is 453. The average Bonchev–Trinajstić information content (AvgIpc) is 2.48. The van der Waals surface area contributed by atoms with E-state index >= 15 is 0 Å². The molecule has 1 fully saturated rings. The molecule has 3 nitrogen and oxygen atoms in total. The highest BCUT2D eigenvalue weighted by atomic mass is 35.5. The van der Waals surface area contributed by atoms with E-state index in [1.165, 1.54) is 11.1 Å². The van der Waals surface area contributed by atoms with Crippen molar-refractivity contribution in [2.75, 3.05) is 13.1 Å². The molecule has 2 atom stereocenters. The summed E-state index contributed by atoms with van der Waals surface area (Å²) in [7, 11) is 0. The molecule has 1 heterocycles. The third-order valence-electron chi connectivity index (χ3n) is 4.15. The number of hydrogen-bond donors (Lipinski definition) is 2. The standard InChI is InChI=1S/C18H28N2O.ClH/c1-13(2)11-15-6-8-16(9-7-15)14(3)20-18(21)17-5-4-10-19-12-17;/h6-9,13-14,17,19H,4-5,10-12H2,1-3H3,(H,20,21);1H/t14?,17-;/m1./s1. The van der Waals surface area contributed by atoms with Crippen LogP contribution in [0.5, 0.6) is 0 Å². The summed E-state index contributed by atoms with van der Waals surface area (Å²) in [5.74, 6) is 0.981. The van der Waals surface area contributed by atoms with Crippen LogP contribution in [0.15, 0.2) is 24.3 Å². The molecule has 0 saturated carbocycles. The minimum Gasteiger partial charge on any atom is -0.349 e. The van der Waals surface area contributed by atoms with E-state index in [1.807, 2.05) is 0 Å². The maximum Gasteiger partial charge on any atom is 0.224 e. The van der Waals surface area contributed by atoms with E-state index in [-0.39, 0.29) is 30.3 Å². The van der Waals surface area contributed by atoms with Gasteiger partial charge >= 0.3 is 0 Å². The number of amides is 1. The molecule has 0 bridgehead atoms. The minimum absolute atomic E-state index is 0. The summed E-state index contributed by atoms with van der Waals surface area (Å²) in [5, 5.41) is 6.44. The molecule has 1 aliphatic heterocycles. The van der Waals surface area contributed by atoms with Gasteiger partial charge in [0.1, 0.15) is 0 Å². The summed E-state index contributed by atoms with van der Waals surface area (Å²) >= 11 is 0. The first-order chi connectivity index (χ1) is 10.1. The van der Waals surface area contributed by atoms with Crippen LogP contribution in [0.3, 0.4) is 0 Å². The lowest BCUT2D eigenvalue weighted by Crippen LogP contribution is -2.41. The molecule has 2 rings (SSSR count). The number of rotatable bonds is 5. The molecule has 0 radical (unpaired) electrons. The second-order valence-electron chi connectivity index (χ2n) is 6.61. The van der Waals surface area contributed by atoms with Gasteiger partial charge in [0.05, 0.1) is 12.0 Å². The number of carbonyl (C=O) groups is 1. The van der Waals surface area contributed by atoms with Crippen LogP contribution >= 0.6 is 12.4 Å². The molecule has 2 N–H and O–H groups in total. The monoisotopic (exact) mass is 324 g/mol. The summed E-state index contributed by atoms with van der Waals surface area (Å²) in [6.45, 7) is 8.37. The summed E-state index contributed by atoms with van der Waals surface area (Å²) in [6.07, 6.45) is 3.20. The zero-order valence-electron chi connectivity index (χ0n) is 13.9. The Morgan fingerprint density at radius 2 is 1.95 bits per heavy atom. The molecule has 22 heavy (non-hydrogen) atoms. The van der Waals surface area contributed by atoms with Crippen molar-refractivity contribution >= 4 is 18.3 Å². The number of hydrogen-bond acceptors (Lipinski definition) is 2. The lowest BCUT2D eigenvalue weighted by molar-refractivity contribution is -0.126. The molecule has 0 spiro atoms. The predicted octanol–water partition coefficient (Wildman–Crippen LogP) is 3.48. The van der Waals surface area contributed by atoms with Gasteiger partial charge in [0, 0.05) is 6.54 Å². The Morgan fingerprint density at radius 1 is 1.27 bits per heavy atom. The first-order valence-electron chi connectivity index (χ1n) is 8.16. The largest absolute Gasteiger partial charge is 0.349 e. The van der Waals surface area contributed by atoms with Crippen molar-refractivity contribution in [3.8, 4) is 0 Å². The lowest BCUT2D eigenvalue weighted by Gasteiger charge is -2.24. The van der Waals surface area contributed by atoms with Gasteiger partial charge in [-0.3, -0.25) is 4.79 Å². The van der Waals surface area contributed by atoms with E-state index < -0.39 is 0 Å². The molecule has 0 aliphatic carbocycles. The SMILES string of the molecule is CC(C)Cc1ccc(C(C)NC(=O)[C@@H]2CCCNC2)cc1.Cl. The maximum absolute atomic E-state index is 12.2. The van der Waals surface area contributed by atoms with Gasteiger partial charge in [0.25, 0.3) is 0 Å². The van der Waals surface area contributed by atoms with E-state index in [0.29, 0.717) is 5.92 Å². The van der Waals surface area contributed by atoms with Gasteiger partial charge in [0.2, 0.25) is 5.91 Å². The molecule has 1 aromatic carbocycles. The van der Waals surface area contributed by atoms with Gasteiger partial charge in [-0.05, 0) is 49.8 Å². The molecule has 1 aromatic rings. The van der Waals surface area contributed by atoms with Gasteiger partial charge in [-0.25, -0.2) is 0 Å². The normalized spacial score (nSPS) is 19.4. The average molecular weight is 325 g/mol. The van der Waals surface area contributed by atoms with Crippen LogP contribution in [0.25, 0.3) is 0 Å². The molecule has 1 unspecified atom stereocenters. The zero-order chi connectivity index (χ0) is 15.2. The second kappa shape index (κ2) is 9.16. The van der Waals surface area contributed by atoms with Crippen LogP contribution in [0, 0.1) is 11.8 Å². The topological polar surface area (TPSA) is 41.1 Å². The van der Waals surface area contributed by atoms with Crippen molar-refractivity contribution in [1.29, 1.82) is 0 Å². The zero-order valence-corrected chi connectivity index (χ0v) is 14.7. The summed E-state index contributed by atoms with van der Waals surface area (Å²) in [4.78, 5) is 12.2. The maximum atomic E-state index is 12.2. The van der Waals surface area contributed by atoms with Gasteiger partial charge in [0.15, 0.2) is 0 Å². The number of carbonyl (C=O) groups excluding carboxylic acids is 1. The molecule has 1 aliphatic rings. The predicted molar refractivity (Wildman–Crippen MR) is 94.4 cm³/mol. The number of benzene rings is 1. The van der Waals surface area contributed by atoms with Crippen molar-refractivity contribution < 1.29 is 4.79 Å². The van der Waals surface area contributed by atoms with E-state index in [4.69, 9.17) is 0 Å². The van der Waals surface area contributed by atoms with E-state index in [9.17, 15) is 4.79 Å². The molecular formula is C18H29ClN2O. The van der Waals surface area contributed by atoms with Crippen molar-refractivity contribution in [2.24, 2.45) is 11.8 Å². The summed E-state index contributed by atoms with van der Waals surface area (Å²) < 4.78 is 0. The fraction of sp³-hybridized carbons (Fsp3) is 0.611.